The lowest BCUT2D eigenvalue weighted by molar-refractivity contribution is -0.137. The van der Waals surface area contributed by atoms with Crippen LogP contribution in [0.25, 0.3) is 0 Å². The molecular weight excluding hydrogens is 382 g/mol. The summed E-state index contributed by atoms with van der Waals surface area (Å²) in [6.07, 6.45) is 0.355. The van der Waals surface area contributed by atoms with E-state index in [1.807, 2.05) is 30.3 Å². The van der Waals surface area contributed by atoms with Crippen molar-refractivity contribution >= 4 is 21.7 Å². The van der Waals surface area contributed by atoms with E-state index in [9.17, 15) is 23.1 Å². The number of nitrogens with zero attached hydrogens (tertiary/aromatic N) is 1. The highest BCUT2D eigenvalue weighted by molar-refractivity contribution is 7.91. The molecule has 3 rings (SSSR count). The molecule has 2 aromatic rings. The minimum Gasteiger partial charge on any atom is -0.507 e. The summed E-state index contributed by atoms with van der Waals surface area (Å²) in [6.45, 7) is -0.301. The number of benzene rings is 2. The van der Waals surface area contributed by atoms with Crippen LogP contribution in [0.4, 0.5) is 0 Å². The van der Waals surface area contributed by atoms with E-state index < -0.39 is 34.4 Å². The number of carbonyl (C=O) groups is 2. The molecule has 1 saturated heterocycles. The summed E-state index contributed by atoms with van der Waals surface area (Å²) >= 11 is 0. The highest BCUT2D eigenvalue weighted by Gasteiger charge is 2.35. The third-order valence-corrected chi connectivity index (χ3v) is 6.37. The van der Waals surface area contributed by atoms with Crippen LogP contribution < -0.4 is 0 Å². The number of carbonyl (C=O) groups excluding carboxylic acids is 2. The lowest BCUT2D eigenvalue weighted by Crippen LogP contribution is -2.42. The Balaban J connectivity index is 1.71. The molecule has 2 aromatic carbocycles. The van der Waals surface area contributed by atoms with Crippen LogP contribution in [-0.4, -0.2) is 54.5 Å². The topological polar surface area (TPSA) is 101 Å². The molecular formula is C20H21NO6S. The van der Waals surface area contributed by atoms with E-state index in [1.165, 1.54) is 17.0 Å². The zero-order valence-corrected chi connectivity index (χ0v) is 16.0. The van der Waals surface area contributed by atoms with Gasteiger partial charge in [0.1, 0.15) is 11.3 Å². The second-order valence-corrected chi connectivity index (χ2v) is 8.89. The summed E-state index contributed by atoms with van der Waals surface area (Å²) in [7, 11) is -3.18. The molecule has 8 heteroatoms. The highest BCUT2D eigenvalue weighted by Crippen LogP contribution is 2.21. The van der Waals surface area contributed by atoms with Gasteiger partial charge in [-0.15, -0.1) is 0 Å². The molecule has 1 fully saturated rings. The van der Waals surface area contributed by atoms with Crippen LogP contribution in [-0.2, 0) is 25.9 Å². The van der Waals surface area contributed by atoms with Gasteiger partial charge in [0.05, 0.1) is 11.5 Å². The molecule has 1 aliphatic heterocycles. The van der Waals surface area contributed by atoms with Gasteiger partial charge < -0.3 is 14.7 Å². The van der Waals surface area contributed by atoms with Gasteiger partial charge in [0.15, 0.2) is 16.4 Å². The molecule has 0 aromatic heterocycles. The zero-order chi connectivity index (χ0) is 20.1. The SMILES string of the molecule is O=C(OCC(=O)N(Cc1ccccc1)[C@H]1CCS(=O)(=O)C1)c1ccccc1O. The fourth-order valence-corrected chi connectivity index (χ4v) is 4.89. The van der Waals surface area contributed by atoms with Gasteiger partial charge in [0.2, 0.25) is 0 Å². The molecule has 0 unspecified atom stereocenters. The lowest BCUT2D eigenvalue weighted by Gasteiger charge is -2.28. The first-order chi connectivity index (χ1) is 13.4. The molecule has 1 heterocycles. The summed E-state index contributed by atoms with van der Waals surface area (Å²) in [4.78, 5) is 26.3. The highest BCUT2D eigenvalue weighted by atomic mass is 32.2. The predicted octanol–water partition coefficient (Wildman–Crippen LogP) is 1.76. The molecule has 0 radical (unpaired) electrons. The molecule has 1 atom stereocenters. The predicted molar refractivity (Wildman–Crippen MR) is 102 cm³/mol. The molecule has 0 saturated carbocycles. The normalized spacial score (nSPS) is 17.8. The Hall–Kier alpha value is -2.87. The first-order valence-corrected chi connectivity index (χ1v) is 10.7. The van der Waals surface area contributed by atoms with Crippen LogP contribution in [0.15, 0.2) is 54.6 Å². The van der Waals surface area contributed by atoms with Crippen LogP contribution in [0.2, 0.25) is 0 Å². The standard InChI is InChI=1S/C20H21NO6S/c22-18-9-5-4-8-17(18)20(24)27-13-19(23)21(12-15-6-2-1-3-7-15)16-10-11-28(25,26)14-16/h1-9,16,22H,10-14H2/t16-/m0/s1. The molecule has 0 bridgehead atoms. The van der Waals surface area contributed by atoms with E-state index >= 15 is 0 Å². The third-order valence-electron chi connectivity index (χ3n) is 4.62. The van der Waals surface area contributed by atoms with E-state index in [-0.39, 0.29) is 29.4 Å². The number of para-hydroxylation sites is 1. The van der Waals surface area contributed by atoms with Gasteiger partial charge >= 0.3 is 5.97 Å². The Bertz CT molecular complexity index is 958. The van der Waals surface area contributed by atoms with Crippen molar-refractivity contribution in [1.29, 1.82) is 0 Å². The maximum Gasteiger partial charge on any atom is 0.342 e. The van der Waals surface area contributed by atoms with Crippen LogP contribution in [0.3, 0.4) is 0 Å². The number of hydrogen-bond acceptors (Lipinski definition) is 6. The fourth-order valence-electron chi connectivity index (χ4n) is 3.16. The summed E-state index contributed by atoms with van der Waals surface area (Å²) in [5, 5.41) is 9.72. The van der Waals surface area contributed by atoms with Crippen LogP contribution in [0.5, 0.6) is 5.75 Å². The van der Waals surface area contributed by atoms with Gasteiger partial charge in [-0.05, 0) is 24.1 Å². The minimum atomic E-state index is -3.18. The Labute approximate surface area is 163 Å². The summed E-state index contributed by atoms with van der Waals surface area (Å²) < 4.78 is 28.8. The Morgan fingerprint density at radius 2 is 1.75 bits per heavy atom. The number of aromatic hydroxyl groups is 1. The number of sulfone groups is 1. The Kier molecular flexibility index (Phi) is 5.99. The molecule has 7 nitrogen and oxygen atoms in total. The fraction of sp³-hybridized carbons (Fsp3) is 0.300. The second kappa shape index (κ2) is 8.43. The summed E-state index contributed by atoms with van der Waals surface area (Å²) in [5.41, 5.74) is 0.820. The van der Waals surface area contributed by atoms with Crippen LogP contribution in [0, 0.1) is 0 Å². The van der Waals surface area contributed by atoms with E-state index in [1.54, 1.807) is 12.1 Å². The van der Waals surface area contributed by atoms with Crippen molar-refractivity contribution in [3.8, 4) is 5.75 Å². The van der Waals surface area contributed by atoms with Gasteiger partial charge in [0.25, 0.3) is 5.91 Å². The van der Waals surface area contributed by atoms with Crippen molar-refractivity contribution in [3.05, 3.63) is 65.7 Å². The quantitative estimate of drug-likeness (QED) is 0.738. The number of esters is 1. The Morgan fingerprint density at radius 3 is 2.39 bits per heavy atom. The van der Waals surface area contributed by atoms with E-state index in [0.29, 0.717) is 6.42 Å². The number of rotatable bonds is 6. The van der Waals surface area contributed by atoms with Crippen LogP contribution in [0.1, 0.15) is 22.3 Å². The molecule has 28 heavy (non-hydrogen) atoms. The average molecular weight is 403 g/mol. The van der Waals surface area contributed by atoms with Gasteiger partial charge in [0, 0.05) is 12.6 Å². The number of phenolic OH excluding ortho intramolecular Hbond substituents is 1. The van der Waals surface area contributed by atoms with Gasteiger partial charge in [-0.3, -0.25) is 4.79 Å². The van der Waals surface area contributed by atoms with Crippen molar-refractivity contribution in [3.63, 3.8) is 0 Å². The van der Waals surface area contributed by atoms with E-state index in [0.717, 1.165) is 5.56 Å². The third kappa shape index (κ3) is 4.89. The molecule has 1 N–H and O–H groups in total. The zero-order valence-electron chi connectivity index (χ0n) is 15.2. The van der Waals surface area contributed by atoms with E-state index in [2.05, 4.69) is 0 Å². The lowest BCUT2D eigenvalue weighted by atomic mass is 10.1. The second-order valence-electron chi connectivity index (χ2n) is 6.66. The van der Waals surface area contributed by atoms with Gasteiger partial charge in [-0.25, -0.2) is 13.2 Å². The van der Waals surface area contributed by atoms with E-state index in [4.69, 9.17) is 4.74 Å². The summed E-state index contributed by atoms with van der Waals surface area (Å²) in [6, 6.07) is 14.6. The first-order valence-electron chi connectivity index (χ1n) is 8.85. The minimum absolute atomic E-state index is 0.0339. The van der Waals surface area contributed by atoms with Crippen LogP contribution >= 0.6 is 0 Å². The molecule has 1 aliphatic rings. The number of ether oxygens (including phenoxy) is 1. The summed E-state index contributed by atoms with van der Waals surface area (Å²) in [5.74, 6) is -1.59. The molecule has 148 valence electrons. The average Bonchev–Trinajstić information content (AvgIpc) is 3.04. The monoisotopic (exact) mass is 403 g/mol. The number of hydrogen-bond donors (Lipinski definition) is 1. The van der Waals surface area contributed by atoms with Gasteiger partial charge in [-0.1, -0.05) is 42.5 Å². The Morgan fingerprint density at radius 1 is 1.07 bits per heavy atom. The largest absolute Gasteiger partial charge is 0.507 e. The number of phenols is 1. The molecule has 0 spiro atoms. The van der Waals surface area contributed by atoms with Crippen molar-refractivity contribution < 1.29 is 27.9 Å². The van der Waals surface area contributed by atoms with Crippen molar-refractivity contribution in [2.24, 2.45) is 0 Å². The van der Waals surface area contributed by atoms with Crippen molar-refractivity contribution in [2.75, 3.05) is 18.1 Å². The van der Waals surface area contributed by atoms with Crippen molar-refractivity contribution in [1.82, 2.24) is 4.90 Å². The smallest absolute Gasteiger partial charge is 0.342 e. The molecule has 1 amide bonds. The molecule has 0 aliphatic carbocycles. The van der Waals surface area contributed by atoms with Crippen molar-refractivity contribution in [2.45, 2.75) is 19.0 Å². The maximum atomic E-state index is 12.8. The van der Waals surface area contributed by atoms with Gasteiger partial charge in [-0.2, -0.15) is 0 Å². The maximum absolute atomic E-state index is 12.8. The first kappa shape index (κ1) is 19.9. The number of amides is 1.